The quantitative estimate of drug-likeness (QED) is 0.757. The van der Waals surface area contributed by atoms with Gasteiger partial charge in [0.2, 0.25) is 0 Å². The predicted molar refractivity (Wildman–Crippen MR) is 75.6 cm³/mol. The fourth-order valence-corrected chi connectivity index (χ4v) is 2.33. The second-order valence-corrected chi connectivity index (χ2v) is 8.76. The zero-order valence-corrected chi connectivity index (χ0v) is 13.2. The van der Waals surface area contributed by atoms with Crippen LogP contribution in [-0.2, 0) is 15.6 Å². The smallest absolute Gasteiger partial charge is 0.139 e. The van der Waals surface area contributed by atoms with E-state index in [0.717, 1.165) is 12.8 Å². The molecule has 0 radical (unpaired) electrons. The third-order valence-corrected chi connectivity index (χ3v) is 4.28. The average Bonchev–Trinajstić information content (AvgIpc) is 2.07. The highest BCUT2D eigenvalue weighted by atomic mass is 32.2. The van der Waals surface area contributed by atoms with Crippen molar-refractivity contribution in [1.82, 2.24) is 0 Å². The summed E-state index contributed by atoms with van der Waals surface area (Å²) in [6.45, 7) is 12.3. The Balaban J connectivity index is 4.47. The van der Waals surface area contributed by atoms with Gasteiger partial charge < -0.3 is 0 Å². The van der Waals surface area contributed by atoms with Crippen LogP contribution in [0, 0.1) is 10.8 Å². The van der Waals surface area contributed by atoms with Gasteiger partial charge in [0.1, 0.15) is 5.78 Å². The average molecular weight is 260 g/mol. The lowest BCUT2D eigenvalue weighted by atomic mass is 9.85. The largest absolute Gasteiger partial charge is 0.299 e. The lowest BCUT2D eigenvalue weighted by molar-refractivity contribution is -0.126. The molecular weight excluding hydrogens is 232 g/mol. The molecule has 0 aliphatic rings. The first kappa shape index (κ1) is 16.8. The second-order valence-electron chi connectivity index (χ2n) is 7.10. The zero-order valence-electron chi connectivity index (χ0n) is 12.4. The summed E-state index contributed by atoms with van der Waals surface area (Å²) in [6.07, 6.45) is 4.04. The van der Waals surface area contributed by atoms with Crippen LogP contribution < -0.4 is 0 Å². The van der Waals surface area contributed by atoms with Crippen LogP contribution in [-0.4, -0.2) is 21.5 Å². The van der Waals surface area contributed by atoms with Gasteiger partial charge in [0, 0.05) is 34.1 Å². The first-order valence-electron chi connectivity index (χ1n) is 6.29. The molecule has 2 nitrogen and oxygen atoms in total. The first-order valence-corrected chi connectivity index (χ1v) is 7.91. The number of hydrogen-bond acceptors (Lipinski definition) is 2. The number of carbonyl (C=O) groups is 1. The minimum Gasteiger partial charge on any atom is -0.299 e. The molecule has 0 saturated carbocycles. The van der Waals surface area contributed by atoms with E-state index in [2.05, 4.69) is 20.8 Å². The summed E-state index contributed by atoms with van der Waals surface area (Å²) in [5.74, 6) is 0.214. The molecule has 0 N–H and O–H groups in total. The van der Waals surface area contributed by atoms with Crippen LogP contribution >= 0.6 is 0 Å². The van der Waals surface area contributed by atoms with E-state index in [9.17, 15) is 9.00 Å². The molecule has 0 rings (SSSR count). The van der Waals surface area contributed by atoms with E-state index in [1.54, 1.807) is 6.26 Å². The summed E-state index contributed by atoms with van der Waals surface area (Å²) < 4.78 is 11.7. The van der Waals surface area contributed by atoms with Crippen molar-refractivity contribution in [3.63, 3.8) is 0 Å². The number of Topliss-reactive ketones (excluding diaryl/α,β-unsaturated/α-hetero) is 1. The van der Waals surface area contributed by atoms with Crippen molar-refractivity contribution >= 4 is 16.6 Å². The maximum absolute atomic E-state index is 12.0. The van der Waals surface area contributed by atoms with Crippen LogP contribution in [0.5, 0.6) is 0 Å². The molecule has 2 unspecified atom stereocenters. The van der Waals surface area contributed by atoms with Crippen LogP contribution in [0.4, 0.5) is 0 Å². The van der Waals surface area contributed by atoms with Crippen molar-refractivity contribution in [3.8, 4) is 0 Å². The Kier molecular flexibility index (Phi) is 6.06. The molecule has 0 amide bonds. The predicted octanol–water partition coefficient (Wildman–Crippen LogP) is 3.57. The van der Waals surface area contributed by atoms with Crippen molar-refractivity contribution in [3.05, 3.63) is 0 Å². The van der Waals surface area contributed by atoms with E-state index in [4.69, 9.17) is 0 Å². The fraction of sp³-hybridized carbons (Fsp3) is 0.929. The zero-order chi connectivity index (χ0) is 13.9. The van der Waals surface area contributed by atoms with Crippen molar-refractivity contribution in [2.24, 2.45) is 10.8 Å². The summed E-state index contributed by atoms with van der Waals surface area (Å²) in [4.78, 5) is 12.0. The molecule has 0 aliphatic carbocycles. The van der Waals surface area contributed by atoms with Crippen molar-refractivity contribution < 1.29 is 9.00 Å². The first-order chi connectivity index (χ1) is 7.43. The van der Waals surface area contributed by atoms with Gasteiger partial charge >= 0.3 is 0 Å². The molecule has 2 atom stereocenters. The van der Waals surface area contributed by atoms with Crippen LogP contribution in [0.3, 0.4) is 0 Å². The summed E-state index contributed by atoms with van der Waals surface area (Å²) in [7, 11) is -0.914. The molecule has 102 valence electrons. The molecule has 17 heavy (non-hydrogen) atoms. The van der Waals surface area contributed by atoms with Gasteiger partial charge in [-0.05, 0) is 18.3 Å². The van der Waals surface area contributed by atoms with Crippen molar-refractivity contribution in [2.75, 3.05) is 6.26 Å². The van der Waals surface area contributed by atoms with Gasteiger partial charge in [-0.15, -0.1) is 0 Å². The SMILES string of the molecule is CS(=O)C(CCC(C)(C)C)CC(=O)C(C)(C)C. The summed E-state index contributed by atoms with van der Waals surface area (Å²) in [5.41, 5.74) is -0.0816. The normalized spacial score (nSPS) is 16.6. The molecule has 0 bridgehead atoms. The molecule has 0 spiro atoms. The van der Waals surface area contributed by atoms with E-state index in [0.29, 0.717) is 6.42 Å². The van der Waals surface area contributed by atoms with Gasteiger partial charge in [-0.3, -0.25) is 9.00 Å². The Morgan fingerprint density at radius 1 is 1.12 bits per heavy atom. The molecule has 0 aliphatic heterocycles. The number of carbonyl (C=O) groups excluding carboxylic acids is 1. The number of hydrogen-bond donors (Lipinski definition) is 0. The van der Waals surface area contributed by atoms with Crippen LogP contribution in [0.1, 0.15) is 60.8 Å². The lowest BCUT2D eigenvalue weighted by Crippen LogP contribution is -2.28. The van der Waals surface area contributed by atoms with Crippen molar-refractivity contribution in [2.45, 2.75) is 66.1 Å². The Morgan fingerprint density at radius 3 is 1.88 bits per heavy atom. The maximum atomic E-state index is 12.0. The van der Waals surface area contributed by atoms with Crippen LogP contribution in [0.15, 0.2) is 0 Å². The maximum Gasteiger partial charge on any atom is 0.139 e. The molecule has 3 heteroatoms. The third kappa shape index (κ3) is 7.69. The molecule has 0 saturated heterocycles. The van der Waals surface area contributed by atoms with E-state index in [1.165, 1.54) is 0 Å². The number of ketones is 1. The van der Waals surface area contributed by atoms with Gasteiger partial charge in [0.05, 0.1) is 0 Å². The standard InChI is InChI=1S/C14H28O2S/c1-13(2,3)9-8-11(17(7)16)10-12(15)14(4,5)6/h11H,8-10H2,1-7H3. The minimum atomic E-state index is -0.914. The monoisotopic (exact) mass is 260 g/mol. The Morgan fingerprint density at radius 2 is 1.59 bits per heavy atom. The van der Waals surface area contributed by atoms with Gasteiger partial charge in [0.15, 0.2) is 0 Å². The van der Waals surface area contributed by atoms with Crippen LogP contribution in [0.2, 0.25) is 0 Å². The minimum absolute atomic E-state index is 0.0148. The van der Waals surface area contributed by atoms with E-state index < -0.39 is 10.8 Å². The molecule has 0 heterocycles. The highest BCUT2D eigenvalue weighted by Gasteiger charge is 2.27. The molecule has 0 fully saturated rings. The highest BCUT2D eigenvalue weighted by molar-refractivity contribution is 7.84. The fourth-order valence-electron chi connectivity index (χ4n) is 1.49. The van der Waals surface area contributed by atoms with Crippen molar-refractivity contribution in [1.29, 1.82) is 0 Å². The molecule has 0 aromatic rings. The summed E-state index contributed by atoms with van der Waals surface area (Å²) in [6, 6.07) is 0. The van der Waals surface area contributed by atoms with E-state index in [1.807, 2.05) is 20.8 Å². The lowest BCUT2D eigenvalue weighted by Gasteiger charge is -2.24. The molecule has 0 aromatic heterocycles. The topological polar surface area (TPSA) is 34.1 Å². The van der Waals surface area contributed by atoms with Gasteiger partial charge in [0.25, 0.3) is 0 Å². The highest BCUT2D eigenvalue weighted by Crippen LogP contribution is 2.26. The van der Waals surface area contributed by atoms with Crippen LogP contribution in [0.25, 0.3) is 0 Å². The number of rotatable bonds is 5. The third-order valence-electron chi connectivity index (χ3n) is 2.94. The molecule has 0 aromatic carbocycles. The van der Waals surface area contributed by atoms with E-state index in [-0.39, 0.29) is 21.9 Å². The van der Waals surface area contributed by atoms with Gasteiger partial charge in [-0.25, -0.2) is 0 Å². The van der Waals surface area contributed by atoms with E-state index >= 15 is 0 Å². The Labute approximate surface area is 109 Å². The Bertz CT molecular complexity index is 282. The summed E-state index contributed by atoms with van der Waals surface area (Å²) in [5, 5.41) is 0.0148. The second kappa shape index (κ2) is 6.12. The Hall–Kier alpha value is -0.180. The van der Waals surface area contributed by atoms with Gasteiger partial charge in [-0.1, -0.05) is 41.5 Å². The molecular formula is C14H28O2S. The summed E-state index contributed by atoms with van der Waals surface area (Å²) >= 11 is 0. The van der Waals surface area contributed by atoms with Gasteiger partial charge in [-0.2, -0.15) is 0 Å².